The second kappa shape index (κ2) is 25.5. The van der Waals surface area contributed by atoms with Gasteiger partial charge in [-0.1, -0.05) is 117 Å². The van der Waals surface area contributed by atoms with Gasteiger partial charge >= 0.3 is 0 Å². The molecule has 0 amide bonds. The molecule has 0 aromatic heterocycles. The van der Waals surface area contributed by atoms with Crippen LogP contribution in [0.4, 0.5) is 4.79 Å². The lowest BCUT2D eigenvalue weighted by Gasteiger charge is -2.30. The van der Waals surface area contributed by atoms with Crippen molar-refractivity contribution >= 4 is 6.16 Å². The first-order valence-electron chi connectivity index (χ1n) is 13.6. The number of unbranched alkanes of at least 4 members (excludes halogenated alkanes) is 18. The minimum Gasteiger partial charge on any atom is -0.565 e. The van der Waals surface area contributed by atoms with Crippen LogP contribution in [-0.4, -0.2) is 42.9 Å². The van der Waals surface area contributed by atoms with Gasteiger partial charge in [0.25, 0.3) is 0 Å². The fourth-order valence-corrected chi connectivity index (χ4v) is 4.17. The molecule has 0 aliphatic heterocycles. The van der Waals surface area contributed by atoms with Crippen LogP contribution in [-0.2, 0) is 0 Å². The monoisotopic (exact) mass is 443 g/mol. The van der Waals surface area contributed by atoms with Crippen LogP contribution in [0.3, 0.4) is 0 Å². The van der Waals surface area contributed by atoms with E-state index >= 15 is 0 Å². The van der Waals surface area contributed by atoms with Crippen molar-refractivity contribution in [2.75, 3.05) is 27.2 Å². The summed E-state index contributed by atoms with van der Waals surface area (Å²) in [6.45, 7) is 7.37. The number of rotatable bonds is 22. The van der Waals surface area contributed by atoms with Gasteiger partial charge in [0.1, 0.15) is 0 Å². The Morgan fingerprint density at radius 1 is 0.548 bits per heavy atom. The first kappa shape index (κ1) is 32.4. The van der Waals surface area contributed by atoms with E-state index in [1.807, 2.05) is 0 Å². The molecule has 0 heterocycles. The molecule has 0 bridgehead atoms. The molecule has 1 N–H and O–H groups in total. The standard InChI is InChI=1S/C26H56N.CH2O3/c1-5-7-9-11-13-15-17-19-21-23-25-27(3,4)26-24-22-20-18-16-14-12-10-8-6-2;2-1(3)4/h5-26H2,1-4H3;(H2,2,3,4)/q+1;/p-1. The molecule has 0 fully saturated rings. The highest BCUT2D eigenvalue weighted by atomic mass is 16.6. The van der Waals surface area contributed by atoms with Crippen LogP contribution < -0.4 is 5.11 Å². The van der Waals surface area contributed by atoms with E-state index in [0.717, 1.165) is 0 Å². The molecule has 0 saturated carbocycles. The number of hydrogen-bond acceptors (Lipinski definition) is 2. The van der Waals surface area contributed by atoms with Crippen molar-refractivity contribution < 1.29 is 19.5 Å². The predicted molar refractivity (Wildman–Crippen MR) is 134 cm³/mol. The van der Waals surface area contributed by atoms with E-state index in [2.05, 4.69) is 27.9 Å². The summed E-state index contributed by atoms with van der Waals surface area (Å²) in [5.74, 6) is 0. The van der Waals surface area contributed by atoms with Gasteiger partial charge in [-0.15, -0.1) is 0 Å². The van der Waals surface area contributed by atoms with Gasteiger partial charge in [-0.2, -0.15) is 0 Å². The topological polar surface area (TPSA) is 60.4 Å². The van der Waals surface area contributed by atoms with Crippen molar-refractivity contribution in [3.63, 3.8) is 0 Å². The van der Waals surface area contributed by atoms with E-state index in [0.29, 0.717) is 0 Å². The maximum atomic E-state index is 8.44. The first-order valence-corrected chi connectivity index (χ1v) is 13.6. The molecule has 0 aromatic carbocycles. The molecule has 0 atom stereocenters. The molecule has 0 saturated heterocycles. The van der Waals surface area contributed by atoms with Crippen molar-refractivity contribution in [2.45, 2.75) is 142 Å². The summed E-state index contributed by atoms with van der Waals surface area (Å²) in [5.41, 5.74) is 0. The van der Waals surface area contributed by atoms with Gasteiger partial charge in [0, 0.05) is 0 Å². The van der Waals surface area contributed by atoms with Crippen LogP contribution in [0, 0.1) is 0 Å². The van der Waals surface area contributed by atoms with Gasteiger partial charge in [-0.05, 0) is 25.7 Å². The van der Waals surface area contributed by atoms with Crippen LogP contribution in [0.5, 0.6) is 0 Å². The predicted octanol–water partition coefficient (Wildman–Crippen LogP) is 7.79. The molecule has 0 rings (SSSR count). The molecule has 0 radical (unpaired) electrons. The van der Waals surface area contributed by atoms with E-state index in [1.54, 1.807) is 0 Å². The highest BCUT2D eigenvalue weighted by Crippen LogP contribution is 2.14. The van der Waals surface area contributed by atoms with Gasteiger partial charge in [-0.25, -0.2) is 0 Å². The molecule has 31 heavy (non-hydrogen) atoms. The molecule has 0 aliphatic carbocycles. The zero-order valence-electron chi connectivity index (χ0n) is 21.8. The molecular weight excluding hydrogens is 386 g/mol. The Bertz CT molecular complexity index is 328. The number of quaternary nitrogens is 1. The lowest BCUT2D eigenvalue weighted by molar-refractivity contribution is -0.890. The maximum Gasteiger partial charge on any atom is 0.249 e. The molecule has 0 spiro atoms. The number of carbonyl (C=O) groups is 1. The molecule has 0 unspecified atom stereocenters. The Hall–Kier alpha value is -0.770. The summed E-state index contributed by atoms with van der Waals surface area (Å²) >= 11 is 0. The minimum absolute atomic E-state index is 1.24. The third-order valence-corrected chi connectivity index (χ3v) is 6.23. The van der Waals surface area contributed by atoms with Crippen molar-refractivity contribution in [3.05, 3.63) is 0 Å². The summed E-state index contributed by atoms with van der Waals surface area (Å²) in [6, 6.07) is 0. The Morgan fingerprint density at radius 3 is 0.968 bits per heavy atom. The zero-order chi connectivity index (χ0) is 23.6. The Balaban J connectivity index is 0. The van der Waals surface area contributed by atoms with E-state index in [4.69, 9.17) is 15.0 Å². The molecule has 4 heteroatoms. The Kier molecular flexibility index (Phi) is 26.6. The normalized spacial score (nSPS) is 11.2. The molecule has 188 valence electrons. The average Bonchev–Trinajstić information content (AvgIpc) is 2.70. The highest BCUT2D eigenvalue weighted by Gasteiger charge is 2.13. The van der Waals surface area contributed by atoms with Crippen molar-refractivity contribution in [1.29, 1.82) is 0 Å². The smallest absolute Gasteiger partial charge is 0.249 e. The summed E-state index contributed by atoms with van der Waals surface area (Å²) in [6.07, 6.45) is 26.9. The third kappa shape index (κ3) is 34.0. The first-order chi connectivity index (χ1) is 14.9. The van der Waals surface area contributed by atoms with Gasteiger partial charge in [-0.3, -0.25) is 0 Å². The van der Waals surface area contributed by atoms with Gasteiger partial charge < -0.3 is 19.5 Å². The second-order valence-electron chi connectivity index (χ2n) is 10.0. The fourth-order valence-electron chi connectivity index (χ4n) is 4.17. The fraction of sp³-hybridized carbons (Fsp3) is 0.963. The maximum absolute atomic E-state index is 8.44. The molecule has 0 aromatic rings. The Labute approximate surface area is 195 Å². The van der Waals surface area contributed by atoms with Gasteiger partial charge in [0.05, 0.1) is 27.2 Å². The van der Waals surface area contributed by atoms with Gasteiger partial charge in [0.15, 0.2) is 0 Å². The van der Waals surface area contributed by atoms with Gasteiger partial charge in [0.2, 0.25) is 6.16 Å². The summed E-state index contributed by atoms with van der Waals surface area (Å²) in [7, 11) is 4.89. The number of carboxylic acid groups (broad SMARTS) is 2. The summed E-state index contributed by atoms with van der Waals surface area (Å²) in [5, 5.41) is 15.3. The average molecular weight is 444 g/mol. The Morgan fingerprint density at radius 2 is 0.742 bits per heavy atom. The van der Waals surface area contributed by atoms with Crippen LogP contribution in [0.15, 0.2) is 0 Å². The van der Waals surface area contributed by atoms with Crippen LogP contribution >= 0.6 is 0 Å². The lowest BCUT2D eigenvalue weighted by atomic mass is 10.1. The van der Waals surface area contributed by atoms with Crippen LogP contribution in [0.25, 0.3) is 0 Å². The second-order valence-corrected chi connectivity index (χ2v) is 10.0. The number of hydrogen-bond donors (Lipinski definition) is 1. The van der Waals surface area contributed by atoms with E-state index in [-0.39, 0.29) is 0 Å². The van der Waals surface area contributed by atoms with Crippen molar-refractivity contribution in [3.8, 4) is 0 Å². The molecule has 4 nitrogen and oxygen atoms in total. The summed E-state index contributed by atoms with van der Waals surface area (Å²) < 4.78 is 1.24. The van der Waals surface area contributed by atoms with E-state index in [1.165, 1.54) is 146 Å². The zero-order valence-corrected chi connectivity index (χ0v) is 21.8. The quantitative estimate of drug-likeness (QED) is 0.137. The van der Waals surface area contributed by atoms with Crippen molar-refractivity contribution in [1.82, 2.24) is 0 Å². The number of nitrogens with zero attached hydrogens (tertiary/aromatic N) is 1. The highest BCUT2D eigenvalue weighted by molar-refractivity contribution is 5.50. The van der Waals surface area contributed by atoms with E-state index in [9.17, 15) is 0 Å². The van der Waals surface area contributed by atoms with Crippen molar-refractivity contribution in [2.24, 2.45) is 0 Å². The SMILES string of the molecule is CCCCCCCCCCCC[N+](C)(C)CCCCCCCCCCCC.O=C([O-])O. The van der Waals surface area contributed by atoms with Crippen LogP contribution in [0.2, 0.25) is 0 Å². The molecular formula is C27H57NO3. The lowest BCUT2D eigenvalue weighted by Crippen LogP contribution is -2.41. The van der Waals surface area contributed by atoms with Crippen LogP contribution in [0.1, 0.15) is 142 Å². The molecule has 0 aliphatic rings. The minimum atomic E-state index is -2.08. The third-order valence-electron chi connectivity index (χ3n) is 6.23. The summed E-state index contributed by atoms with van der Waals surface area (Å²) in [4.78, 5) is 8.44. The largest absolute Gasteiger partial charge is 0.565 e. The van der Waals surface area contributed by atoms with E-state index < -0.39 is 6.16 Å².